The summed E-state index contributed by atoms with van der Waals surface area (Å²) >= 11 is 0. The highest BCUT2D eigenvalue weighted by molar-refractivity contribution is 7.25. The van der Waals surface area contributed by atoms with Gasteiger partial charge in [-0.25, -0.2) is 0 Å². The first kappa shape index (κ1) is 9.89. The fourth-order valence-electron chi connectivity index (χ4n) is 3.33. The molecular formula is C10H19O2P. The molecule has 3 fully saturated rings. The molecule has 3 aliphatic rings. The van der Waals surface area contributed by atoms with Crippen molar-refractivity contribution >= 4 is 9.03 Å². The Kier molecular flexibility index (Phi) is 2.42. The molecule has 13 heavy (non-hydrogen) atoms. The first-order valence-corrected chi connectivity index (χ1v) is 5.97. The zero-order valence-corrected chi connectivity index (χ0v) is 9.58. The summed E-state index contributed by atoms with van der Waals surface area (Å²) in [7, 11) is -0.333. The molecule has 0 heterocycles. The van der Waals surface area contributed by atoms with Crippen LogP contribution < -0.4 is 0 Å². The van der Waals surface area contributed by atoms with Crippen molar-refractivity contribution in [2.75, 3.05) is 0 Å². The van der Waals surface area contributed by atoms with Gasteiger partial charge in [0.2, 0.25) is 0 Å². The maximum absolute atomic E-state index is 8.77. The first-order chi connectivity index (χ1) is 6.07. The van der Waals surface area contributed by atoms with E-state index in [1.54, 1.807) is 0 Å². The van der Waals surface area contributed by atoms with Gasteiger partial charge >= 0.3 is 0 Å². The van der Waals surface area contributed by atoms with Crippen molar-refractivity contribution in [1.82, 2.24) is 0 Å². The van der Waals surface area contributed by atoms with E-state index in [4.69, 9.17) is 9.42 Å². The highest BCUT2D eigenvalue weighted by atomic mass is 31.1. The lowest BCUT2D eigenvalue weighted by atomic mass is 9.45. The normalized spacial score (nSPS) is 48.0. The van der Waals surface area contributed by atoms with Gasteiger partial charge in [-0.05, 0) is 36.0 Å². The van der Waals surface area contributed by atoms with E-state index in [1.807, 2.05) is 0 Å². The average molecular weight is 202 g/mol. The van der Waals surface area contributed by atoms with Crippen molar-refractivity contribution in [2.45, 2.75) is 39.7 Å². The number of fused-ring (bicyclic) bond motifs is 2. The van der Waals surface area contributed by atoms with Crippen molar-refractivity contribution in [3.05, 3.63) is 0 Å². The molecule has 1 unspecified atom stereocenters. The minimum atomic E-state index is -0.333. The molecule has 0 aromatic heterocycles. The third-order valence-corrected chi connectivity index (χ3v) is 4.90. The monoisotopic (exact) mass is 202 g/mol. The van der Waals surface area contributed by atoms with Crippen LogP contribution in [0.5, 0.6) is 0 Å². The third-order valence-electron chi connectivity index (χ3n) is 4.49. The molecule has 0 aromatic carbocycles. The van der Waals surface area contributed by atoms with Gasteiger partial charge in [0, 0.05) is 0 Å². The fourth-order valence-corrected chi connectivity index (χ4v) is 3.77. The third kappa shape index (κ3) is 1.35. The van der Waals surface area contributed by atoms with Gasteiger partial charge in [0.15, 0.2) is 9.03 Å². The molecule has 0 spiro atoms. The van der Waals surface area contributed by atoms with Crippen molar-refractivity contribution in [3.8, 4) is 0 Å². The second kappa shape index (κ2) is 3.18. The summed E-state index contributed by atoms with van der Waals surface area (Å²) in [5.74, 6) is 2.27. The van der Waals surface area contributed by atoms with E-state index in [1.165, 1.54) is 6.42 Å². The van der Waals surface area contributed by atoms with Gasteiger partial charge in [-0.2, -0.15) is 0 Å². The van der Waals surface area contributed by atoms with E-state index >= 15 is 0 Å². The van der Waals surface area contributed by atoms with Crippen LogP contribution >= 0.6 is 9.03 Å². The summed E-state index contributed by atoms with van der Waals surface area (Å²) < 4.78 is 5.37. The van der Waals surface area contributed by atoms with Crippen LogP contribution in [0.2, 0.25) is 0 Å². The molecule has 0 aromatic rings. The molecule has 5 atom stereocenters. The Morgan fingerprint density at radius 2 is 2.08 bits per heavy atom. The summed E-state index contributed by atoms with van der Waals surface area (Å²) in [6, 6.07) is 0. The predicted molar refractivity (Wildman–Crippen MR) is 54.6 cm³/mol. The Bertz CT molecular complexity index is 205. The van der Waals surface area contributed by atoms with Gasteiger partial charge in [0.25, 0.3) is 0 Å². The molecule has 76 valence electrons. The minimum absolute atomic E-state index is 0.320. The molecular weight excluding hydrogens is 183 g/mol. The van der Waals surface area contributed by atoms with Crippen molar-refractivity contribution in [2.24, 2.45) is 23.2 Å². The molecule has 0 saturated heterocycles. The van der Waals surface area contributed by atoms with E-state index in [-0.39, 0.29) is 9.03 Å². The lowest BCUT2D eigenvalue weighted by molar-refractivity contribution is -0.145. The minimum Gasteiger partial charge on any atom is -0.352 e. The predicted octanol–water partition coefficient (Wildman–Crippen LogP) is 2.57. The zero-order chi connectivity index (χ0) is 9.64. The van der Waals surface area contributed by atoms with E-state index < -0.39 is 0 Å². The van der Waals surface area contributed by atoms with Crippen LogP contribution in [-0.4, -0.2) is 11.0 Å². The van der Waals surface area contributed by atoms with Crippen LogP contribution in [0.3, 0.4) is 0 Å². The van der Waals surface area contributed by atoms with Crippen molar-refractivity contribution in [3.63, 3.8) is 0 Å². The Labute approximate surface area is 82.0 Å². The lowest BCUT2D eigenvalue weighted by Crippen LogP contribution is -2.56. The molecule has 2 nitrogen and oxygen atoms in total. The molecule has 3 saturated carbocycles. The molecule has 3 rings (SSSR count). The van der Waals surface area contributed by atoms with Crippen molar-refractivity contribution in [1.29, 1.82) is 0 Å². The van der Waals surface area contributed by atoms with E-state index in [2.05, 4.69) is 20.8 Å². The van der Waals surface area contributed by atoms with E-state index in [0.717, 1.165) is 18.3 Å². The van der Waals surface area contributed by atoms with Crippen molar-refractivity contribution < 1.29 is 9.42 Å². The van der Waals surface area contributed by atoms with Crippen LogP contribution in [0.4, 0.5) is 0 Å². The lowest BCUT2D eigenvalue weighted by Gasteiger charge is -2.61. The van der Waals surface area contributed by atoms with Gasteiger partial charge in [0.05, 0.1) is 6.10 Å². The molecule has 1 N–H and O–H groups in total. The molecule has 3 heteroatoms. The van der Waals surface area contributed by atoms with Crippen LogP contribution in [0.15, 0.2) is 0 Å². The molecule has 0 radical (unpaired) electrons. The van der Waals surface area contributed by atoms with Gasteiger partial charge in [0.1, 0.15) is 0 Å². The highest BCUT2D eigenvalue weighted by Gasteiger charge is 2.56. The van der Waals surface area contributed by atoms with Gasteiger partial charge in [-0.3, -0.25) is 0 Å². The van der Waals surface area contributed by atoms with Gasteiger partial charge < -0.3 is 9.42 Å². The zero-order valence-electron chi connectivity index (χ0n) is 8.58. The Morgan fingerprint density at radius 3 is 2.54 bits per heavy atom. The topological polar surface area (TPSA) is 29.5 Å². The summed E-state index contributed by atoms with van der Waals surface area (Å²) in [6.07, 6.45) is 2.85. The fraction of sp³-hybridized carbons (Fsp3) is 1.00. The Morgan fingerprint density at radius 1 is 1.38 bits per heavy atom. The second-order valence-corrected chi connectivity index (χ2v) is 5.62. The Balaban J connectivity index is 2.03. The Hall–Kier alpha value is 0.350. The number of hydrogen-bond donors (Lipinski definition) is 1. The summed E-state index contributed by atoms with van der Waals surface area (Å²) in [4.78, 5) is 8.77. The maximum Gasteiger partial charge on any atom is 0.152 e. The summed E-state index contributed by atoms with van der Waals surface area (Å²) in [5, 5.41) is 0. The largest absolute Gasteiger partial charge is 0.352 e. The summed E-state index contributed by atoms with van der Waals surface area (Å²) in [5.41, 5.74) is 0.526. The quantitative estimate of drug-likeness (QED) is 0.697. The number of rotatable bonds is 2. The first-order valence-electron chi connectivity index (χ1n) is 5.12. The van der Waals surface area contributed by atoms with Crippen LogP contribution in [0, 0.1) is 23.2 Å². The van der Waals surface area contributed by atoms with E-state index in [0.29, 0.717) is 17.4 Å². The van der Waals surface area contributed by atoms with Gasteiger partial charge in [-0.15, -0.1) is 0 Å². The molecule has 0 aliphatic heterocycles. The van der Waals surface area contributed by atoms with E-state index in [9.17, 15) is 0 Å². The van der Waals surface area contributed by atoms with Crippen LogP contribution in [0.1, 0.15) is 33.6 Å². The molecule has 2 bridgehead atoms. The molecule has 3 aliphatic carbocycles. The summed E-state index contributed by atoms with van der Waals surface area (Å²) in [6.45, 7) is 7.02. The van der Waals surface area contributed by atoms with Gasteiger partial charge in [-0.1, -0.05) is 20.8 Å². The highest BCUT2D eigenvalue weighted by Crippen LogP contribution is 2.62. The maximum atomic E-state index is 8.77. The average Bonchev–Trinajstić information content (AvgIpc) is 2.08. The SMILES string of the molecule is C[C@@H]1[C@@H](OPO)C[C@@H]2C[C@H]1C2(C)C. The van der Waals surface area contributed by atoms with Crippen LogP contribution in [0.25, 0.3) is 0 Å². The second-order valence-electron chi connectivity index (χ2n) is 5.20. The number of hydrogen-bond acceptors (Lipinski definition) is 2. The standard InChI is InChI=1S/C10H19O2P/c1-6-8-4-7(10(8,2)3)5-9(6)12-13-11/h6-9,11,13H,4-5H2,1-3H3/t6-,7-,8+,9-/m0/s1. The smallest absolute Gasteiger partial charge is 0.152 e. The van der Waals surface area contributed by atoms with Crippen LogP contribution in [-0.2, 0) is 4.52 Å². The molecule has 0 amide bonds.